The van der Waals surface area contributed by atoms with E-state index in [2.05, 4.69) is 6.92 Å². The van der Waals surface area contributed by atoms with Gasteiger partial charge in [-0.15, -0.1) is 0 Å². The van der Waals surface area contributed by atoms with Crippen molar-refractivity contribution in [2.24, 2.45) is 0 Å². The minimum absolute atomic E-state index is 0.0888. The monoisotopic (exact) mass is 427 g/mol. The molecule has 3 rings (SSSR count). The second kappa shape index (κ2) is 12.0. The standard InChI is InChI=1S/C27H25NO4/c1-2-3-17-30-24-11-9-21(10-12-24)18-23(19-28)27(29)32-26-15-13-25(14-16-26)31-20-22-7-5-4-6-8-22/h4-16,18H,2-3,17,20H2,1H3. The molecule has 32 heavy (non-hydrogen) atoms. The van der Waals surface area contributed by atoms with Gasteiger partial charge < -0.3 is 14.2 Å². The van der Waals surface area contributed by atoms with Crippen LogP contribution in [0.25, 0.3) is 6.08 Å². The molecule has 3 aromatic rings. The highest BCUT2D eigenvalue weighted by Crippen LogP contribution is 2.20. The van der Waals surface area contributed by atoms with Crippen LogP contribution >= 0.6 is 0 Å². The number of rotatable bonds is 10. The molecule has 0 atom stereocenters. The molecule has 0 N–H and O–H groups in total. The fourth-order valence-corrected chi connectivity index (χ4v) is 2.80. The van der Waals surface area contributed by atoms with Crippen LogP contribution in [0.5, 0.6) is 17.2 Å². The van der Waals surface area contributed by atoms with E-state index < -0.39 is 5.97 Å². The molecule has 0 saturated heterocycles. The number of esters is 1. The molecule has 0 aromatic heterocycles. The quantitative estimate of drug-likeness (QED) is 0.131. The predicted molar refractivity (Wildman–Crippen MR) is 123 cm³/mol. The van der Waals surface area contributed by atoms with Crippen molar-refractivity contribution < 1.29 is 19.0 Å². The van der Waals surface area contributed by atoms with E-state index >= 15 is 0 Å². The van der Waals surface area contributed by atoms with Crippen molar-refractivity contribution in [2.75, 3.05) is 6.61 Å². The van der Waals surface area contributed by atoms with Crippen LogP contribution in [0.1, 0.15) is 30.9 Å². The number of ether oxygens (including phenoxy) is 3. The Morgan fingerprint density at radius 1 is 0.875 bits per heavy atom. The number of nitriles is 1. The minimum atomic E-state index is -0.714. The predicted octanol–water partition coefficient (Wildman–Crippen LogP) is 5.96. The summed E-state index contributed by atoms with van der Waals surface area (Å²) in [6, 6.07) is 25.7. The highest BCUT2D eigenvalue weighted by atomic mass is 16.5. The number of carbonyl (C=O) groups excluding carboxylic acids is 1. The summed E-state index contributed by atoms with van der Waals surface area (Å²) in [5.74, 6) is 1.04. The molecule has 0 spiro atoms. The molecule has 3 aromatic carbocycles. The highest BCUT2D eigenvalue weighted by molar-refractivity contribution is 5.99. The van der Waals surface area contributed by atoms with E-state index in [0.717, 1.165) is 24.2 Å². The van der Waals surface area contributed by atoms with Crippen LogP contribution in [0.2, 0.25) is 0 Å². The summed E-state index contributed by atoms with van der Waals surface area (Å²) in [4.78, 5) is 12.4. The van der Waals surface area contributed by atoms with Crippen molar-refractivity contribution in [2.45, 2.75) is 26.4 Å². The first-order chi connectivity index (χ1) is 15.7. The number of carbonyl (C=O) groups is 1. The van der Waals surface area contributed by atoms with E-state index in [1.54, 1.807) is 36.4 Å². The average Bonchev–Trinajstić information content (AvgIpc) is 2.84. The van der Waals surface area contributed by atoms with Gasteiger partial charge >= 0.3 is 5.97 Å². The summed E-state index contributed by atoms with van der Waals surface area (Å²) >= 11 is 0. The maximum absolute atomic E-state index is 12.4. The molecule has 0 saturated carbocycles. The lowest BCUT2D eigenvalue weighted by atomic mass is 10.1. The van der Waals surface area contributed by atoms with Gasteiger partial charge in [0.05, 0.1) is 6.61 Å². The smallest absolute Gasteiger partial charge is 0.354 e. The molecule has 0 aliphatic rings. The van der Waals surface area contributed by atoms with Gasteiger partial charge in [0.2, 0.25) is 0 Å². The Morgan fingerprint density at radius 2 is 1.50 bits per heavy atom. The number of hydrogen-bond acceptors (Lipinski definition) is 5. The average molecular weight is 428 g/mol. The van der Waals surface area contributed by atoms with Gasteiger partial charge in [0.15, 0.2) is 0 Å². The molecule has 0 aliphatic heterocycles. The van der Waals surface area contributed by atoms with Crippen molar-refractivity contribution >= 4 is 12.0 Å². The van der Waals surface area contributed by atoms with E-state index in [0.29, 0.717) is 30.3 Å². The molecule has 0 amide bonds. The summed E-state index contributed by atoms with van der Waals surface area (Å²) in [7, 11) is 0. The summed E-state index contributed by atoms with van der Waals surface area (Å²) in [6.45, 7) is 3.22. The van der Waals surface area contributed by atoms with Gasteiger partial charge in [0.1, 0.15) is 35.5 Å². The molecule has 5 heteroatoms. The zero-order valence-electron chi connectivity index (χ0n) is 18.0. The SMILES string of the molecule is CCCCOc1ccc(C=C(C#N)C(=O)Oc2ccc(OCc3ccccc3)cc2)cc1. The van der Waals surface area contributed by atoms with Crippen LogP contribution in [0.15, 0.2) is 84.4 Å². The Bertz CT molecular complexity index is 1070. The first-order valence-electron chi connectivity index (χ1n) is 10.5. The van der Waals surface area contributed by atoms with Crippen LogP contribution in [0.3, 0.4) is 0 Å². The molecule has 0 fully saturated rings. The third-order valence-corrected chi connectivity index (χ3v) is 4.58. The van der Waals surface area contributed by atoms with Crippen molar-refractivity contribution in [3.8, 4) is 23.3 Å². The third kappa shape index (κ3) is 7.03. The Labute approximate surface area is 188 Å². The minimum Gasteiger partial charge on any atom is -0.494 e. The molecule has 5 nitrogen and oxygen atoms in total. The van der Waals surface area contributed by atoms with Gasteiger partial charge in [-0.2, -0.15) is 5.26 Å². The second-order valence-electron chi connectivity index (χ2n) is 7.08. The molecule has 0 bridgehead atoms. The normalized spacial score (nSPS) is 10.8. The van der Waals surface area contributed by atoms with Gasteiger partial charge in [-0.3, -0.25) is 0 Å². The van der Waals surface area contributed by atoms with Crippen LogP contribution in [0, 0.1) is 11.3 Å². The largest absolute Gasteiger partial charge is 0.494 e. The van der Waals surface area contributed by atoms with Crippen LogP contribution in [-0.2, 0) is 11.4 Å². The maximum Gasteiger partial charge on any atom is 0.354 e. The molecular weight excluding hydrogens is 402 g/mol. The van der Waals surface area contributed by atoms with Gasteiger partial charge in [-0.25, -0.2) is 4.79 Å². The number of unbranched alkanes of at least 4 members (excludes halogenated alkanes) is 1. The van der Waals surface area contributed by atoms with Crippen molar-refractivity contribution in [1.29, 1.82) is 5.26 Å². The van der Waals surface area contributed by atoms with E-state index in [1.807, 2.05) is 48.5 Å². The molecule has 0 radical (unpaired) electrons. The first-order valence-corrected chi connectivity index (χ1v) is 10.5. The molecule has 0 heterocycles. The zero-order valence-corrected chi connectivity index (χ0v) is 18.0. The topological polar surface area (TPSA) is 68.5 Å². The van der Waals surface area contributed by atoms with Gasteiger partial charge in [-0.1, -0.05) is 55.8 Å². The molecule has 162 valence electrons. The first kappa shape index (κ1) is 22.6. The summed E-state index contributed by atoms with van der Waals surface area (Å²) in [5.41, 5.74) is 1.69. The fourth-order valence-electron chi connectivity index (χ4n) is 2.80. The number of benzene rings is 3. The Kier molecular flexibility index (Phi) is 8.47. The summed E-state index contributed by atoms with van der Waals surface area (Å²) in [6.07, 6.45) is 3.56. The maximum atomic E-state index is 12.4. The van der Waals surface area contributed by atoms with E-state index in [9.17, 15) is 10.1 Å². The Hall–Kier alpha value is -4.04. The van der Waals surface area contributed by atoms with E-state index in [-0.39, 0.29) is 5.57 Å². The molecule has 0 unspecified atom stereocenters. The van der Waals surface area contributed by atoms with Crippen molar-refractivity contribution in [1.82, 2.24) is 0 Å². The van der Waals surface area contributed by atoms with Gasteiger partial charge in [-0.05, 0) is 60.0 Å². The zero-order chi connectivity index (χ0) is 22.6. The Balaban J connectivity index is 1.56. The lowest BCUT2D eigenvalue weighted by molar-refractivity contribution is -0.129. The third-order valence-electron chi connectivity index (χ3n) is 4.58. The van der Waals surface area contributed by atoms with Crippen LogP contribution < -0.4 is 14.2 Å². The van der Waals surface area contributed by atoms with Gasteiger partial charge in [0.25, 0.3) is 0 Å². The fraction of sp³-hybridized carbons (Fsp3) is 0.185. The molecule has 0 aliphatic carbocycles. The lowest BCUT2D eigenvalue weighted by Crippen LogP contribution is -2.10. The van der Waals surface area contributed by atoms with E-state index in [1.165, 1.54) is 6.08 Å². The summed E-state index contributed by atoms with van der Waals surface area (Å²) < 4.78 is 16.7. The Morgan fingerprint density at radius 3 is 2.16 bits per heavy atom. The van der Waals surface area contributed by atoms with E-state index in [4.69, 9.17) is 14.2 Å². The lowest BCUT2D eigenvalue weighted by Gasteiger charge is -2.08. The molecular formula is C27H25NO4. The summed E-state index contributed by atoms with van der Waals surface area (Å²) in [5, 5.41) is 9.39. The van der Waals surface area contributed by atoms with Crippen LogP contribution in [0.4, 0.5) is 0 Å². The van der Waals surface area contributed by atoms with Crippen LogP contribution in [-0.4, -0.2) is 12.6 Å². The number of nitrogens with zero attached hydrogens (tertiary/aromatic N) is 1. The number of hydrogen-bond donors (Lipinski definition) is 0. The van der Waals surface area contributed by atoms with Crippen molar-refractivity contribution in [3.63, 3.8) is 0 Å². The van der Waals surface area contributed by atoms with Crippen molar-refractivity contribution in [3.05, 3.63) is 95.6 Å². The second-order valence-corrected chi connectivity index (χ2v) is 7.08. The van der Waals surface area contributed by atoms with Gasteiger partial charge in [0, 0.05) is 0 Å². The highest BCUT2D eigenvalue weighted by Gasteiger charge is 2.12.